The van der Waals surface area contributed by atoms with Crippen LogP contribution in [0.1, 0.15) is 31.1 Å². The maximum Gasteiger partial charge on any atom is 0.317 e. The zero-order chi connectivity index (χ0) is 22.2. The number of likely N-dealkylation sites (tertiary alicyclic amines) is 2. The first kappa shape index (κ1) is 21.1. The summed E-state index contributed by atoms with van der Waals surface area (Å²) >= 11 is 0. The Balaban J connectivity index is 1.54. The van der Waals surface area contributed by atoms with Crippen LogP contribution >= 0.6 is 0 Å². The monoisotopic (exact) mass is 426 g/mol. The topological polar surface area (TPSA) is 103 Å². The lowest BCUT2D eigenvalue weighted by molar-refractivity contribution is -0.129. The SMILES string of the molecule is COc1cccc(CC(=O)N2C[C@@H]3CN(C(=O)NC(C)C)C[C@]3(c3n[nH]c(C)n3)C2)c1. The summed E-state index contributed by atoms with van der Waals surface area (Å²) < 4.78 is 5.27. The van der Waals surface area contributed by atoms with Crippen LogP contribution in [0.3, 0.4) is 0 Å². The van der Waals surface area contributed by atoms with E-state index in [1.54, 1.807) is 7.11 Å². The Labute approximate surface area is 182 Å². The van der Waals surface area contributed by atoms with Crippen molar-refractivity contribution in [2.45, 2.75) is 38.6 Å². The van der Waals surface area contributed by atoms with Crippen molar-refractivity contribution in [1.29, 1.82) is 0 Å². The van der Waals surface area contributed by atoms with E-state index in [0.717, 1.165) is 17.1 Å². The molecule has 1 aromatic heterocycles. The fourth-order valence-corrected chi connectivity index (χ4v) is 4.70. The first-order valence-corrected chi connectivity index (χ1v) is 10.7. The van der Waals surface area contributed by atoms with E-state index in [0.29, 0.717) is 38.4 Å². The summed E-state index contributed by atoms with van der Waals surface area (Å²) in [6.07, 6.45) is 0.310. The van der Waals surface area contributed by atoms with Crippen LogP contribution in [-0.4, -0.2) is 76.3 Å². The Morgan fingerprint density at radius 1 is 1.29 bits per heavy atom. The number of aryl methyl sites for hydroxylation is 1. The lowest BCUT2D eigenvalue weighted by Gasteiger charge is -2.27. The van der Waals surface area contributed by atoms with Crippen molar-refractivity contribution in [2.24, 2.45) is 5.92 Å². The maximum absolute atomic E-state index is 13.1. The van der Waals surface area contributed by atoms with Crippen molar-refractivity contribution in [1.82, 2.24) is 30.3 Å². The van der Waals surface area contributed by atoms with Crippen LogP contribution in [0, 0.1) is 12.8 Å². The van der Waals surface area contributed by atoms with E-state index in [-0.39, 0.29) is 23.9 Å². The van der Waals surface area contributed by atoms with Gasteiger partial charge in [-0.1, -0.05) is 12.1 Å². The van der Waals surface area contributed by atoms with Crippen LogP contribution in [0.5, 0.6) is 5.75 Å². The second-order valence-corrected chi connectivity index (χ2v) is 8.88. The number of carbonyl (C=O) groups is 2. The molecule has 166 valence electrons. The molecule has 2 aromatic rings. The molecule has 0 bridgehead atoms. The van der Waals surface area contributed by atoms with Gasteiger partial charge in [-0.2, -0.15) is 5.10 Å². The molecule has 0 aliphatic carbocycles. The molecule has 4 rings (SSSR count). The molecule has 3 amide bonds. The van der Waals surface area contributed by atoms with E-state index in [9.17, 15) is 9.59 Å². The normalized spacial score (nSPS) is 22.7. The van der Waals surface area contributed by atoms with Gasteiger partial charge in [-0.05, 0) is 38.5 Å². The lowest BCUT2D eigenvalue weighted by Crippen LogP contribution is -2.46. The number of nitrogens with one attached hydrogen (secondary N) is 2. The molecule has 2 N–H and O–H groups in total. The molecule has 3 heterocycles. The van der Waals surface area contributed by atoms with Gasteiger partial charge < -0.3 is 19.9 Å². The van der Waals surface area contributed by atoms with Crippen LogP contribution in [0.25, 0.3) is 0 Å². The molecule has 9 nitrogen and oxygen atoms in total. The van der Waals surface area contributed by atoms with Gasteiger partial charge in [0.2, 0.25) is 5.91 Å². The Kier molecular flexibility index (Phi) is 5.60. The van der Waals surface area contributed by atoms with Gasteiger partial charge in [-0.3, -0.25) is 9.89 Å². The summed E-state index contributed by atoms with van der Waals surface area (Å²) in [6, 6.07) is 7.57. The summed E-state index contributed by atoms with van der Waals surface area (Å²) in [4.78, 5) is 34.1. The molecular formula is C22H30N6O3. The number of methoxy groups -OCH3 is 1. The molecule has 0 radical (unpaired) electrons. The third-order valence-electron chi connectivity index (χ3n) is 6.19. The van der Waals surface area contributed by atoms with Gasteiger partial charge in [0.25, 0.3) is 0 Å². The quantitative estimate of drug-likeness (QED) is 0.754. The third-order valence-corrected chi connectivity index (χ3v) is 6.19. The van der Waals surface area contributed by atoms with Crippen molar-refractivity contribution in [3.05, 3.63) is 41.5 Å². The van der Waals surface area contributed by atoms with Crippen LogP contribution in [0.15, 0.2) is 24.3 Å². The Bertz CT molecular complexity index is 974. The van der Waals surface area contributed by atoms with Crippen molar-refractivity contribution in [2.75, 3.05) is 33.3 Å². The van der Waals surface area contributed by atoms with Gasteiger partial charge in [-0.15, -0.1) is 0 Å². The molecule has 0 saturated carbocycles. The zero-order valence-electron chi connectivity index (χ0n) is 18.5. The molecule has 31 heavy (non-hydrogen) atoms. The highest BCUT2D eigenvalue weighted by molar-refractivity contribution is 5.80. The molecule has 2 aliphatic heterocycles. The average Bonchev–Trinajstić information content (AvgIpc) is 3.40. The number of nitrogens with zero attached hydrogens (tertiary/aromatic N) is 4. The van der Waals surface area contributed by atoms with Gasteiger partial charge >= 0.3 is 6.03 Å². The number of carbonyl (C=O) groups excluding carboxylic acids is 2. The average molecular weight is 427 g/mol. The number of aromatic amines is 1. The summed E-state index contributed by atoms with van der Waals surface area (Å²) in [5.41, 5.74) is 0.463. The predicted molar refractivity (Wildman–Crippen MR) is 115 cm³/mol. The van der Waals surface area contributed by atoms with Crippen molar-refractivity contribution < 1.29 is 14.3 Å². The van der Waals surface area contributed by atoms with Gasteiger partial charge in [0.15, 0.2) is 5.82 Å². The number of hydrogen-bond donors (Lipinski definition) is 2. The first-order valence-electron chi connectivity index (χ1n) is 10.7. The highest BCUT2D eigenvalue weighted by atomic mass is 16.5. The minimum Gasteiger partial charge on any atom is -0.497 e. The number of rotatable bonds is 5. The molecule has 2 aliphatic rings. The van der Waals surface area contributed by atoms with Crippen LogP contribution in [0.2, 0.25) is 0 Å². The number of fused-ring (bicyclic) bond motifs is 1. The second kappa shape index (κ2) is 8.20. The van der Waals surface area contributed by atoms with Gasteiger partial charge in [0, 0.05) is 38.1 Å². The smallest absolute Gasteiger partial charge is 0.317 e. The van der Waals surface area contributed by atoms with E-state index >= 15 is 0 Å². The molecule has 1 aromatic carbocycles. The number of ether oxygens (including phenoxy) is 1. The second-order valence-electron chi connectivity index (χ2n) is 8.88. The van der Waals surface area contributed by atoms with Gasteiger partial charge in [0.1, 0.15) is 11.6 Å². The predicted octanol–water partition coefficient (Wildman–Crippen LogP) is 1.49. The molecular weight excluding hydrogens is 396 g/mol. The van der Waals surface area contributed by atoms with Crippen LogP contribution < -0.4 is 10.1 Å². The Morgan fingerprint density at radius 2 is 2.03 bits per heavy atom. The highest BCUT2D eigenvalue weighted by Crippen LogP contribution is 2.43. The van der Waals surface area contributed by atoms with Crippen molar-refractivity contribution in [3.63, 3.8) is 0 Å². The number of aromatic nitrogens is 3. The molecule has 2 fully saturated rings. The number of H-pyrrole nitrogens is 1. The number of urea groups is 1. The standard InChI is InChI=1S/C22H30N6O3/c1-14(2)23-21(30)28-11-17-10-27(12-22(17,13-28)20-24-15(3)25-26-20)19(29)9-16-6-5-7-18(8-16)31-4/h5-8,14,17H,9-13H2,1-4H3,(H,23,30)(H,24,25,26)/t17-,22-/m1/s1. The van der Waals surface area contributed by atoms with E-state index < -0.39 is 5.41 Å². The highest BCUT2D eigenvalue weighted by Gasteiger charge is 2.57. The number of hydrogen-bond acceptors (Lipinski definition) is 5. The number of amides is 3. The van der Waals surface area contributed by atoms with E-state index in [1.165, 1.54) is 0 Å². The summed E-state index contributed by atoms with van der Waals surface area (Å²) in [6.45, 7) is 7.92. The minimum atomic E-state index is -0.455. The number of benzene rings is 1. The summed E-state index contributed by atoms with van der Waals surface area (Å²) in [5, 5.41) is 10.3. The van der Waals surface area contributed by atoms with E-state index in [4.69, 9.17) is 4.74 Å². The Hall–Kier alpha value is -3.10. The third kappa shape index (κ3) is 4.08. The molecule has 0 spiro atoms. The fourth-order valence-electron chi connectivity index (χ4n) is 4.70. The Morgan fingerprint density at radius 3 is 2.71 bits per heavy atom. The van der Waals surface area contributed by atoms with Crippen molar-refractivity contribution in [3.8, 4) is 5.75 Å². The first-order chi connectivity index (χ1) is 14.8. The largest absolute Gasteiger partial charge is 0.497 e. The maximum atomic E-state index is 13.1. The minimum absolute atomic E-state index is 0.0625. The summed E-state index contributed by atoms with van der Waals surface area (Å²) in [5.74, 6) is 2.31. The van der Waals surface area contributed by atoms with Crippen LogP contribution in [0.4, 0.5) is 4.79 Å². The van der Waals surface area contributed by atoms with Crippen LogP contribution in [-0.2, 0) is 16.6 Å². The summed E-state index contributed by atoms with van der Waals surface area (Å²) in [7, 11) is 1.62. The zero-order valence-corrected chi connectivity index (χ0v) is 18.5. The fraction of sp³-hybridized carbons (Fsp3) is 0.545. The molecule has 9 heteroatoms. The van der Waals surface area contributed by atoms with E-state index in [1.807, 2.05) is 54.8 Å². The van der Waals surface area contributed by atoms with E-state index in [2.05, 4.69) is 20.5 Å². The van der Waals surface area contributed by atoms with Gasteiger partial charge in [0.05, 0.1) is 18.9 Å². The van der Waals surface area contributed by atoms with Gasteiger partial charge in [-0.25, -0.2) is 9.78 Å². The lowest BCUT2D eigenvalue weighted by atomic mass is 9.80. The molecule has 2 saturated heterocycles. The molecule has 2 atom stereocenters. The molecule has 0 unspecified atom stereocenters. The van der Waals surface area contributed by atoms with Crippen molar-refractivity contribution >= 4 is 11.9 Å².